The number of amides is 1. The van der Waals surface area contributed by atoms with Crippen LogP contribution in [0, 0.1) is 26.7 Å². The number of rotatable bonds is 6. The molecule has 2 N–H and O–H groups in total. The maximum absolute atomic E-state index is 13.4. The normalized spacial score (nSPS) is 15.6. The molecule has 0 unspecified atom stereocenters. The van der Waals surface area contributed by atoms with Crippen molar-refractivity contribution < 1.29 is 22.7 Å². The molecule has 0 aliphatic carbocycles. The van der Waals surface area contributed by atoms with E-state index >= 15 is 0 Å². The number of nitrogens with one attached hydrogen (secondary N) is 2. The lowest BCUT2D eigenvalue weighted by atomic mass is 9.97. The Morgan fingerprint density at radius 1 is 1.16 bits per heavy atom. The van der Waals surface area contributed by atoms with E-state index in [1.165, 1.54) is 4.31 Å². The first-order valence-corrected chi connectivity index (χ1v) is 11.8. The number of sulfonamides is 1. The SMILES string of the molecule is CCOC(=O)c1c(C)[nH]c(C)c1S(=O)(=O)N1CCC(C(=O)Nc2cccc(C)c2)CC1. The molecule has 9 heteroatoms. The highest BCUT2D eigenvalue weighted by Gasteiger charge is 2.37. The van der Waals surface area contributed by atoms with E-state index in [9.17, 15) is 18.0 Å². The number of hydrogen-bond donors (Lipinski definition) is 2. The molecule has 8 nitrogen and oxygen atoms in total. The fraction of sp³-hybridized carbons (Fsp3) is 0.455. The third kappa shape index (κ3) is 4.83. The number of benzene rings is 1. The van der Waals surface area contributed by atoms with Crippen molar-refractivity contribution in [1.29, 1.82) is 0 Å². The summed E-state index contributed by atoms with van der Waals surface area (Å²) in [4.78, 5) is 27.9. The highest BCUT2D eigenvalue weighted by atomic mass is 32.2. The molecular formula is C22H29N3O5S. The van der Waals surface area contributed by atoms with E-state index in [-0.39, 0.29) is 42.0 Å². The molecule has 1 amide bonds. The number of esters is 1. The second kappa shape index (κ2) is 9.23. The zero-order valence-electron chi connectivity index (χ0n) is 18.3. The predicted octanol–water partition coefficient (Wildman–Crippen LogP) is 3.16. The fourth-order valence-electron chi connectivity index (χ4n) is 3.98. The van der Waals surface area contributed by atoms with Crippen LogP contribution in [0.3, 0.4) is 0 Å². The molecule has 0 spiro atoms. The summed E-state index contributed by atoms with van der Waals surface area (Å²) in [5.74, 6) is -1.04. The second-order valence-electron chi connectivity index (χ2n) is 7.84. The van der Waals surface area contributed by atoms with Crippen molar-refractivity contribution in [3.63, 3.8) is 0 Å². The first-order valence-electron chi connectivity index (χ1n) is 10.4. The maximum Gasteiger partial charge on any atom is 0.341 e. The van der Waals surface area contributed by atoms with E-state index in [1.807, 2.05) is 31.2 Å². The van der Waals surface area contributed by atoms with Gasteiger partial charge in [0.1, 0.15) is 10.5 Å². The van der Waals surface area contributed by atoms with Gasteiger partial charge in [-0.3, -0.25) is 4.79 Å². The molecular weight excluding hydrogens is 418 g/mol. The lowest BCUT2D eigenvalue weighted by Crippen LogP contribution is -2.41. The van der Waals surface area contributed by atoms with Crippen LogP contribution < -0.4 is 5.32 Å². The van der Waals surface area contributed by atoms with Crippen molar-refractivity contribution in [2.24, 2.45) is 5.92 Å². The van der Waals surface area contributed by atoms with Crippen LogP contribution in [0.25, 0.3) is 0 Å². The van der Waals surface area contributed by atoms with Gasteiger partial charge in [-0.15, -0.1) is 0 Å². The highest BCUT2D eigenvalue weighted by molar-refractivity contribution is 7.89. The molecule has 0 saturated carbocycles. The minimum atomic E-state index is -3.91. The molecule has 0 atom stereocenters. The van der Waals surface area contributed by atoms with E-state index in [4.69, 9.17) is 4.74 Å². The van der Waals surface area contributed by atoms with E-state index in [2.05, 4.69) is 10.3 Å². The summed E-state index contributed by atoms with van der Waals surface area (Å²) >= 11 is 0. The topological polar surface area (TPSA) is 109 Å². The van der Waals surface area contributed by atoms with Gasteiger partial charge in [0.25, 0.3) is 0 Å². The van der Waals surface area contributed by atoms with Gasteiger partial charge in [-0.1, -0.05) is 12.1 Å². The minimum Gasteiger partial charge on any atom is -0.462 e. The number of aromatic amines is 1. The summed E-state index contributed by atoms with van der Waals surface area (Å²) < 4.78 is 33.1. The monoisotopic (exact) mass is 447 g/mol. The van der Waals surface area contributed by atoms with Crippen LogP contribution in [0.4, 0.5) is 5.69 Å². The van der Waals surface area contributed by atoms with Gasteiger partial charge in [0.2, 0.25) is 15.9 Å². The molecule has 1 aliphatic rings. The van der Waals surface area contributed by atoms with Crippen molar-refractivity contribution in [3.05, 3.63) is 46.8 Å². The van der Waals surface area contributed by atoms with Crippen LogP contribution in [0.15, 0.2) is 29.2 Å². The number of aryl methyl sites for hydroxylation is 3. The number of H-pyrrole nitrogens is 1. The van der Waals surface area contributed by atoms with Gasteiger partial charge in [-0.05, 0) is 58.2 Å². The molecule has 0 radical (unpaired) electrons. The van der Waals surface area contributed by atoms with E-state index in [0.29, 0.717) is 24.2 Å². The molecule has 168 valence electrons. The molecule has 1 saturated heterocycles. The van der Waals surface area contributed by atoms with Crippen LogP contribution in [-0.4, -0.2) is 49.3 Å². The molecule has 2 aromatic rings. The van der Waals surface area contributed by atoms with Gasteiger partial charge in [0.15, 0.2) is 0 Å². The van der Waals surface area contributed by atoms with Gasteiger partial charge in [-0.2, -0.15) is 4.31 Å². The first kappa shape index (κ1) is 23.0. The molecule has 1 aromatic heterocycles. The Hall–Kier alpha value is -2.65. The van der Waals surface area contributed by atoms with Crippen molar-refractivity contribution in [2.75, 3.05) is 25.0 Å². The molecule has 2 heterocycles. The lowest BCUT2D eigenvalue weighted by molar-refractivity contribution is -0.120. The van der Waals surface area contributed by atoms with Crippen LogP contribution in [0.5, 0.6) is 0 Å². The molecule has 31 heavy (non-hydrogen) atoms. The number of carbonyl (C=O) groups is 2. The van der Waals surface area contributed by atoms with E-state index in [1.54, 1.807) is 20.8 Å². The van der Waals surface area contributed by atoms with Crippen LogP contribution in [0.2, 0.25) is 0 Å². The van der Waals surface area contributed by atoms with Crippen molar-refractivity contribution in [2.45, 2.75) is 45.4 Å². The number of aromatic nitrogens is 1. The number of nitrogens with zero attached hydrogens (tertiary/aromatic N) is 1. The standard InChI is InChI=1S/C22H29N3O5S/c1-5-30-22(27)19-15(3)23-16(4)20(19)31(28,29)25-11-9-17(10-12-25)21(26)24-18-8-6-7-14(2)13-18/h6-8,13,17,23H,5,9-12H2,1-4H3,(H,24,26). The maximum atomic E-state index is 13.4. The zero-order valence-corrected chi connectivity index (χ0v) is 19.1. The quantitative estimate of drug-likeness (QED) is 0.661. The minimum absolute atomic E-state index is 0.0360. The number of anilines is 1. The summed E-state index contributed by atoms with van der Waals surface area (Å²) in [6.45, 7) is 7.48. The first-order chi connectivity index (χ1) is 14.6. The summed E-state index contributed by atoms with van der Waals surface area (Å²) in [5.41, 5.74) is 2.70. The molecule has 1 fully saturated rings. The number of carbonyl (C=O) groups excluding carboxylic acids is 2. The number of piperidine rings is 1. The van der Waals surface area contributed by atoms with Crippen molar-refractivity contribution >= 4 is 27.6 Å². The Balaban J connectivity index is 1.73. The van der Waals surface area contributed by atoms with Gasteiger partial charge in [-0.25, -0.2) is 13.2 Å². The molecule has 1 aromatic carbocycles. The number of hydrogen-bond acceptors (Lipinski definition) is 5. The Bertz CT molecular complexity index is 1080. The highest BCUT2D eigenvalue weighted by Crippen LogP contribution is 2.30. The van der Waals surface area contributed by atoms with Gasteiger partial charge in [0, 0.05) is 36.1 Å². The molecule has 1 aliphatic heterocycles. The summed E-state index contributed by atoms with van der Waals surface area (Å²) in [6.07, 6.45) is 0.822. The number of ether oxygens (including phenoxy) is 1. The van der Waals surface area contributed by atoms with Crippen molar-refractivity contribution in [1.82, 2.24) is 9.29 Å². The Kier molecular flexibility index (Phi) is 6.86. The van der Waals surface area contributed by atoms with Crippen molar-refractivity contribution in [3.8, 4) is 0 Å². The smallest absolute Gasteiger partial charge is 0.341 e. The van der Waals surface area contributed by atoms with Gasteiger partial charge in [0.05, 0.1) is 6.61 Å². The molecule has 3 rings (SSSR count). The van der Waals surface area contributed by atoms with Crippen LogP contribution in [0.1, 0.15) is 47.1 Å². The lowest BCUT2D eigenvalue weighted by Gasteiger charge is -2.30. The fourth-order valence-corrected chi connectivity index (χ4v) is 5.87. The largest absolute Gasteiger partial charge is 0.462 e. The molecule has 0 bridgehead atoms. The third-order valence-corrected chi connectivity index (χ3v) is 7.58. The second-order valence-corrected chi connectivity index (χ2v) is 9.71. The van der Waals surface area contributed by atoms with Crippen LogP contribution in [-0.2, 0) is 19.6 Å². The predicted molar refractivity (Wildman–Crippen MR) is 118 cm³/mol. The summed E-state index contributed by atoms with van der Waals surface area (Å²) in [6, 6.07) is 7.56. The third-order valence-electron chi connectivity index (χ3n) is 5.51. The Labute approximate surface area is 183 Å². The van der Waals surface area contributed by atoms with E-state index < -0.39 is 16.0 Å². The Morgan fingerprint density at radius 3 is 2.45 bits per heavy atom. The average Bonchev–Trinajstić information content (AvgIpc) is 3.03. The average molecular weight is 448 g/mol. The summed E-state index contributed by atoms with van der Waals surface area (Å²) in [5, 5.41) is 2.92. The Morgan fingerprint density at radius 2 is 1.84 bits per heavy atom. The zero-order chi connectivity index (χ0) is 22.8. The van der Waals surface area contributed by atoms with Gasteiger partial charge >= 0.3 is 5.97 Å². The van der Waals surface area contributed by atoms with Gasteiger partial charge < -0.3 is 15.0 Å². The summed E-state index contributed by atoms with van der Waals surface area (Å²) in [7, 11) is -3.91. The van der Waals surface area contributed by atoms with Crippen LogP contribution >= 0.6 is 0 Å². The van der Waals surface area contributed by atoms with E-state index in [0.717, 1.165) is 11.3 Å².